The Hall–Kier alpha value is -0.650. The minimum absolute atomic E-state index is 0.208. The zero-order valence-corrected chi connectivity index (χ0v) is 12.1. The van der Waals surface area contributed by atoms with Gasteiger partial charge in [-0.15, -0.1) is 11.6 Å². The topological polar surface area (TPSA) is 46.2 Å². The molecule has 1 N–H and O–H groups in total. The molecule has 0 saturated heterocycles. The first kappa shape index (κ1) is 14.8. The van der Waals surface area contributed by atoms with Gasteiger partial charge in [0.1, 0.15) is 10.7 Å². The van der Waals surface area contributed by atoms with Crippen LogP contribution in [-0.2, 0) is 10.0 Å². The van der Waals surface area contributed by atoms with Crippen LogP contribution in [-0.4, -0.2) is 20.3 Å². The van der Waals surface area contributed by atoms with Crippen LogP contribution in [0, 0.1) is 11.7 Å². The minimum atomic E-state index is -3.76. The number of rotatable bonds is 4. The highest BCUT2D eigenvalue weighted by Gasteiger charge is 2.23. The van der Waals surface area contributed by atoms with Crippen molar-refractivity contribution in [3.8, 4) is 0 Å². The summed E-state index contributed by atoms with van der Waals surface area (Å²) in [5, 5.41) is 0.208. The molecule has 2 rings (SSSR count). The zero-order valence-electron chi connectivity index (χ0n) is 10.5. The minimum Gasteiger partial charge on any atom is -0.211 e. The molecule has 1 aromatic rings. The van der Waals surface area contributed by atoms with E-state index >= 15 is 0 Å². The van der Waals surface area contributed by atoms with Crippen LogP contribution in [0.4, 0.5) is 4.39 Å². The third-order valence-electron chi connectivity index (χ3n) is 3.46. The normalized spacial score (nSPS) is 24.3. The van der Waals surface area contributed by atoms with Gasteiger partial charge in [0.25, 0.3) is 0 Å². The summed E-state index contributed by atoms with van der Waals surface area (Å²) >= 11 is 6.00. The third kappa shape index (κ3) is 3.91. The molecular formula is C13H17ClFNO2S. The van der Waals surface area contributed by atoms with Crippen LogP contribution >= 0.6 is 11.6 Å². The molecule has 106 valence electrons. The summed E-state index contributed by atoms with van der Waals surface area (Å²) < 4.78 is 39.9. The van der Waals surface area contributed by atoms with E-state index in [0.29, 0.717) is 6.54 Å². The summed E-state index contributed by atoms with van der Waals surface area (Å²) in [6, 6.07) is 5.40. The van der Waals surface area contributed by atoms with E-state index in [1.165, 1.54) is 18.2 Å². The summed E-state index contributed by atoms with van der Waals surface area (Å²) in [4.78, 5) is -0.291. The Labute approximate surface area is 118 Å². The Bertz CT molecular complexity index is 527. The predicted molar refractivity (Wildman–Crippen MR) is 73.2 cm³/mol. The molecule has 0 unspecified atom stereocenters. The largest absolute Gasteiger partial charge is 0.243 e. The van der Waals surface area contributed by atoms with Crippen LogP contribution in [0.25, 0.3) is 0 Å². The average molecular weight is 306 g/mol. The SMILES string of the molecule is O=S(=O)(NCC1CCC(Cl)CC1)c1ccccc1F. The maximum absolute atomic E-state index is 13.5. The van der Waals surface area contributed by atoms with Crippen LogP contribution in [0.1, 0.15) is 25.7 Å². The van der Waals surface area contributed by atoms with Crippen molar-refractivity contribution in [2.45, 2.75) is 36.0 Å². The molecule has 1 aliphatic carbocycles. The molecule has 0 aliphatic heterocycles. The molecule has 0 heterocycles. The maximum Gasteiger partial charge on any atom is 0.243 e. The second-order valence-electron chi connectivity index (χ2n) is 4.90. The van der Waals surface area contributed by atoms with E-state index < -0.39 is 15.8 Å². The fourth-order valence-corrected chi connectivity index (χ4v) is 3.74. The Balaban J connectivity index is 1.97. The Kier molecular flexibility index (Phi) is 4.81. The van der Waals surface area contributed by atoms with Crippen molar-refractivity contribution in [2.24, 2.45) is 5.92 Å². The lowest BCUT2D eigenvalue weighted by Crippen LogP contribution is -2.32. The van der Waals surface area contributed by atoms with E-state index in [4.69, 9.17) is 11.6 Å². The smallest absolute Gasteiger partial charge is 0.211 e. The second kappa shape index (κ2) is 6.20. The zero-order chi connectivity index (χ0) is 13.9. The average Bonchev–Trinajstić information content (AvgIpc) is 2.38. The van der Waals surface area contributed by atoms with E-state index in [1.54, 1.807) is 0 Å². The van der Waals surface area contributed by atoms with Gasteiger partial charge in [-0.1, -0.05) is 12.1 Å². The maximum atomic E-state index is 13.5. The molecule has 0 spiro atoms. The number of sulfonamides is 1. The monoisotopic (exact) mass is 305 g/mol. The van der Waals surface area contributed by atoms with Crippen molar-refractivity contribution in [1.82, 2.24) is 4.72 Å². The highest BCUT2D eigenvalue weighted by molar-refractivity contribution is 7.89. The van der Waals surface area contributed by atoms with E-state index in [9.17, 15) is 12.8 Å². The van der Waals surface area contributed by atoms with E-state index in [-0.39, 0.29) is 16.2 Å². The molecule has 1 aromatic carbocycles. The van der Waals surface area contributed by atoms with Crippen molar-refractivity contribution < 1.29 is 12.8 Å². The molecule has 1 fully saturated rings. The van der Waals surface area contributed by atoms with Gasteiger partial charge in [-0.25, -0.2) is 17.5 Å². The van der Waals surface area contributed by atoms with Gasteiger partial charge in [0.05, 0.1) is 0 Å². The first-order valence-corrected chi connectivity index (χ1v) is 8.29. The van der Waals surface area contributed by atoms with Crippen molar-refractivity contribution in [3.05, 3.63) is 30.1 Å². The lowest BCUT2D eigenvalue weighted by atomic mass is 9.89. The third-order valence-corrected chi connectivity index (χ3v) is 5.36. The first-order valence-electron chi connectivity index (χ1n) is 6.37. The van der Waals surface area contributed by atoms with Crippen molar-refractivity contribution in [3.63, 3.8) is 0 Å². The number of benzene rings is 1. The van der Waals surface area contributed by atoms with Gasteiger partial charge in [0.2, 0.25) is 10.0 Å². The summed E-state index contributed by atoms with van der Waals surface area (Å²) in [7, 11) is -3.76. The van der Waals surface area contributed by atoms with Crippen LogP contribution in [0.15, 0.2) is 29.2 Å². The Morgan fingerprint density at radius 1 is 1.21 bits per heavy atom. The number of alkyl halides is 1. The standard InChI is InChI=1S/C13H17ClFNO2S/c14-11-7-5-10(6-8-11)9-16-19(17,18)13-4-2-1-3-12(13)15/h1-4,10-11,16H,5-9H2. The van der Waals surface area contributed by atoms with Crippen molar-refractivity contribution >= 4 is 21.6 Å². The van der Waals surface area contributed by atoms with Gasteiger partial charge in [-0.05, 0) is 43.7 Å². The Morgan fingerprint density at radius 2 is 1.84 bits per heavy atom. The summed E-state index contributed by atoms with van der Waals surface area (Å²) in [5.41, 5.74) is 0. The van der Waals surface area contributed by atoms with Crippen LogP contribution in [0.5, 0.6) is 0 Å². The highest BCUT2D eigenvalue weighted by Crippen LogP contribution is 2.27. The van der Waals surface area contributed by atoms with Gasteiger partial charge in [0, 0.05) is 11.9 Å². The lowest BCUT2D eigenvalue weighted by Gasteiger charge is -2.25. The van der Waals surface area contributed by atoms with Gasteiger partial charge in [-0.3, -0.25) is 0 Å². The lowest BCUT2D eigenvalue weighted by molar-refractivity contribution is 0.361. The number of halogens is 2. The molecule has 0 radical (unpaired) electrons. The van der Waals surface area contributed by atoms with Crippen LogP contribution < -0.4 is 4.72 Å². The predicted octanol–water partition coefficient (Wildman–Crippen LogP) is 2.90. The summed E-state index contributed by atoms with van der Waals surface area (Å²) in [6.07, 6.45) is 3.64. The molecule has 0 bridgehead atoms. The molecule has 19 heavy (non-hydrogen) atoms. The molecular weight excluding hydrogens is 289 g/mol. The molecule has 1 saturated carbocycles. The fourth-order valence-electron chi connectivity index (χ4n) is 2.29. The summed E-state index contributed by atoms with van der Waals surface area (Å²) in [5.74, 6) is -0.434. The number of hydrogen-bond donors (Lipinski definition) is 1. The van der Waals surface area contributed by atoms with Crippen molar-refractivity contribution in [2.75, 3.05) is 6.54 Å². The Morgan fingerprint density at radius 3 is 2.47 bits per heavy atom. The van der Waals surface area contributed by atoms with Crippen LogP contribution in [0.2, 0.25) is 0 Å². The number of nitrogens with one attached hydrogen (secondary N) is 1. The van der Waals surface area contributed by atoms with E-state index in [2.05, 4.69) is 4.72 Å². The van der Waals surface area contributed by atoms with E-state index in [0.717, 1.165) is 31.7 Å². The highest BCUT2D eigenvalue weighted by atomic mass is 35.5. The molecule has 1 aliphatic rings. The first-order chi connectivity index (χ1) is 8.99. The number of hydrogen-bond acceptors (Lipinski definition) is 2. The molecule has 0 atom stereocenters. The van der Waals surface area contributed by atoms with Gasteiger partial charge in [0.15, 0.2) is 0 Å². The molecule has 3 nitrogen and oxygen atoms in total. The fraction of sp³-hybridized carbons (Fsp3) is 0.538. The quantitative estimate of drug-likeness (QED) is 0.869. The van der Waals surface area contributed by atoms with Crippen LogP contribution in [0.3, 0.4) is 0 Å². The molecule has 0 amide bonds. The second-order valence-corrected chi connectivity index (χ2v) is 7.25. The van der Waals surface area contributed by atoms with Crippen molar-refractivity contribution in [1.29, 1.82) is 0 Å². The summed E-state index contributed by atoms with van der Waals surface area (Å²) in [6.45, 7) is 0.347. The van der Waals surface area contributed by atoms with Gasteiger partial charge >= 0.3 is 0 Å². The van der Waals surface area contributed by atoms with Gasteiger partial charge < -0.3 is 0 Å². The van der Waals surface area contributed by atoms with E-state index in [1.807, 2.05) is 0 Å². The molecule has 0 aromatic heterocycles. The van der Waals surface area contributed by atoms with Gasteiger partial charge in [-0.2, -0.15) is 0 Å². The molecule has 6 heteroatoms.